The van der Waals surface area contributed by atoms with Gasteiger partial charge in [-0.2, -0.15) is 0 Å². The first-order valence-corrected chi connectivity index (χ1v) is 3.81. The van der Waals surface area contributed by atoms with Crippen molar-refractivity contribution < 1.29 is 19.5 Å². The third kappa shape index (κ3) is 1.22. The van der Waals surface area contributed by atoms with Crippen molar-refractivity contribution in [3.8, 4) is 0 Å². The van der Waals surface area contributed by atoms with Gasteiger partial charge in [0.2, 0.25) is 9.33 Å². The molecule has 2 amide bonds. The van der Waals surface area contributed by atoms with Gasteiger partial charge in [0.05, 0.1) is 6.42 Å². The fourth-order valence-corrected chi connectivity index (χ4v) is 1.23. The predicted octanol–water partition coefficient (Wildman–Crippen LogP) is -0.709. The molecular weight excluding hydrogens is 265 g/mol. The van der Waals surface area contributed by atoms with Gasteiger partial charge in [-0.15, -0.1) is 0 Å². The fourth-order valence-electron chi connectivity index (χ4n) is 0.744. The molecule has 60 valence electrons. The summed E-state index contributed by atoms with van der Waals surface area (Å²) in [5, 5.41) is 10.5. The molecule has 1 rings (SSSR count). The number of carbonyl (C=O) groups excluding carboxylic acids is 2. The van der Waals surface area contributed by atoms with E-state index in [1.165, 1.54) is 22.6 Å². The van der Waals surface area contributed by atoms with Crippen LogP contribution in [0.15, 0.2) is 0 Å². The highest BCUT2D eigenvalue weighted by Gasteiger charge is 2.51. The van der Waals surface area contributed by atoms with E-state index in [1.54, 1.807) is 0 Å². The van der Waals surface area contributed by atoms with Gasteiger partial charge < -0.3 is 5.11 Å². The second-order valence-corrected chi connectivity index (χ2v) is 4.00. The monoisotopic (exact) mass is 269 g/mol. The summed E-state index contributed by atoms with van der Waals surface area (Å²) in [6, 6.07) is 0. The number of rotatable bonds is 1. The smallest absolute Gasteiger partial charge is 0.329 e. The molecule has 5 nitrogen and oxygen atoms in total. The molecule has 0 aromatic carbocycles. The zero-order valence-corrected chi connectivity index (χ0v) is 7.41. The largest absolute Gasteiger partial charge is 0.480 e. The Hall–Kier alpha value is -0.660. The molecule has 2 N–H and O–H groups in total. The van der Waals surface area contributed by atoms with Crippen LogP contribution in [-0.2, 0) is 14.4 Å². The Kier molecular flexibility index (Phi) is 1.87. The van der Waals surface area contributed by atoms with Crippen LogP contribution < -0.4 is 5.32 Å². The van der Waals surface area contributed by atoms with Crippen LogP contribution in [0.2, 0.25) is 0 Å². The van der Waals surface area contributed by atoms with Crippen LogP contribution in [-0.4, -0.2) is 26.3 Å². The number of halogens is 1. The highest BCUT2D eigenvalue weighted by Crippen LogP contribution is 2.28. The maximum absolute atomic E-state index is 10.8. The van der Waals surface area contributed by atoms with E-state index < -0.39 is 21.2 Å². The first-order chi connectivity index (χ1) is 4.97. The van der Waals surface area contributed by atoms with Gasteiger partial charge in [-0.05, 0) is 0 Å². The minimum Gasteiger partial charge on any atom is -0.480 e. The van der Waals surface area contributed by atoms with Crippen LogP contribution in [0, 0.1) is 0 Å². The van der Waals surface area contributed by atoms with Gasteiger partial charge >= 0.3 is 5.97 Å². The molecule has 0 saturated carbocycles. The molecule has 1 aliphatic rings. The van der Waals surface area contributed by atoms with Crippen molar-refractivity contribution in [2.45, 2.75) is 9.84 Å². The lowest BCUT2D eigenvalue weighted by Gasteiger charge is -2.08. The van der Waals surface area contributed by atoms with Crippen molar-refractivity contribution in [2.24, 2.45) is 0 Å². The van der Waals surface area contributed by atoms with Crippen LogP contribution >= 0.6 is 22.6 Å². The molecule has 1 saturated heterocycles. The normalized spacial score (nSPS) is 30.3. The quantitative estimate of drug-likeness (QED) is 0.285. The van der Waals surface area contributed by atoms with Crippen LogP contribution in [0.4, 0.5) is 0 Å². The number of aliphatic carboxylic acids is 1. The third-order valence-corrected chi connectivity index (χ3v) is 2.69. The average molecular weight is 269 g/mol. The van der Waals surface area contributed by atoms with Crippen molar-refractivity contribution >= 4 is 40.4 Å². The summed E-state index contributed by atoms with van der Waals surface area (Å²) in [6.45, 7) is 0. The van der Waals surface area contributed by atoms with Gasteiger partial charge in [-0.1, -0.05) is 22.6 Å². The molecule has 0 radical (unpaired) electrons. The van der Waals surface area contributed by atoms with E-state index in [9.17, 15) is 14.4 Å². The number of carboxylic acid groups (broad SMARTS) is 1. The van der Waals surface area contributed by atoms with Gasteiger partial charge in [0.1, 0.15) is 0 Å². The molecule has 0 aliphatic carbocycles. The van der Waals surface area contributed by atoms with Gasteiger partial charge in [0, 0.05) is 0 Å². The SMILES string of the molecule is O=C1CC(I)(C(=O)O)C(=O)N1. The molecule has 0 aromatic rings. The van der Waals surface area contributed by atoms with Crippen molar-refractivity contribution in [3.05, 3.63) is 0 Å². The topological polar surface area (TPSA) is 83.5 Å². The molecule has 0 bridgehead atoms. The van der Waals surface area contributed by atoms with Crippen LogP contribution in [0.1, 0.15) is 6.42 Å². The summed E-state index contributed by atoms with van der Waals surface area (Å²) in [4.78, 5) is 31.9. The maximum Gasteiger partial charge on any atom is 0.329 e. The zero-order chi connectivity index (χ0) is 8.65. The summed E-state index contributed by atoms with van der Waals surface area (Å²) in [5.74, 6) is -2.55. The predicted molar refractivity (Wildman–Crippen MR) is 42.2 cm³/mol. The van der Waals surface area contributed by atoms with Crippen LogP contribution in [0.5, 0.6) is 0 Å². The standard InChI is InChI=1S/C5H4INO4/c6-5(4(10)11)1-2(8)7-3(5)9/h1H2,(H,10,11)(H,7,8,9). The number of alkyl halides is 1. The second-order valence-electron chi connectivity index (χ2n) is 2.16. The first kappa shape index (κ1) is 8.44. The molecule has 1 unspecified atom stereocenters. The van der Waals surface area contributed by atoms with Gasteiger partial charge in [-0.25, -0.2) is 0 Å². The summed E-state index contributed by atoms with van der Waals surface area (Å²) in [5.41, 5.74) is 0. The molecule has 1 fully saturated rings. The fraction of sp³-hybridized carbons (Fsp3) is 0.400. The highest BCUT2D eigenvalue weighted by atomic mass is 127. The highest BCUT2D eigenvalue weighted by molar-refractivity contribution is 14.1. The van der Waals surface area contributed by atoms with Crippen molar-refractivity contribution in [1.29, 1.82) is 0 Å². The van der Waals surface area contributed by atoms with E-state index in [0.717, 1.165) is 0 Å². The number of carboxylic acids is 1. The Morgan fingerprint density at radius 1 is 1.64 bits per heavy atom. The van der Waals surface area contributed by atoms with E-state index in [1.807, 2.05) is 5.32 Å². The van der Waals surface area contributed by atoms with E-state index in [0.29, 0.717) is 0 Å². The Balaban J connectivity index is 2.96. The number of nitrogens with one attached hydrogen (secondary N) is 1. The minimum atomic E-state index is -1.59. The molecule has 0 spiro atoms. The van der Waals surface area contributed by atoms with Gasteiger partial charge in [-0.3, -0.25) is 19.7 Å². The molecular formula is C5H4INO4. The summed E-state index contributed by atoms with van der Waals surface area (Å²) in [7, 11) is 0. The summed E-state index contributed by atoms with van der Waals surface area (Å²) < 4.78 is -1.59. The molecule has 0 aromatic heterocycles. The molecule has 1 aliphatic heterocycles. The van der Waals surface area contributed by atoms with Crippen molar-refractivity contribution in [3.63, 3.8) is 0 Å². The van der Waals surface area contributed by atoms with Gasteiger partial charge in [0.25, 0.3) is 5.91 Å². The van der Waals surface area contributed by atoms with E-state index >= 15 is 0 Å². The lowest BCUT2D eigenvalue weighted by molar-refractivity contribution is -0.142. The van der Waals surface area contributed by atoms with Gasteiger partial charge in [0.15, 0.2) is 0 Å². The Labute approximate surface area is 75.3 Å². The van der Waals surface area contributed by atoms with Crippen molar-refractivity contribution in [2.75, 3.05) is 0 Å². The minimum absolute atomic E-state index is 0.276. The number of amides is 2. The lowest BCUT2D eigenvalue weighted by Crippen LogP contribution is -2.39. The lowest BCUT2D eigenvalue weighted by atomic mass is 10.1. The summed E-state index contributed by atoms with van der Waals surface area (Å²) in [6.07, 6.45) is -0.276. The zero-order valence-electron chi connectivity index (χ0n) is 5.26. The maximum atomic E-state index is 10.8. The second kappa shape index (κ2) is 2.43. The van der Waals surface area contributed by atoms with E-state index in [-0.39, 0.29) is 6.42 Å². The Bertz CT molecular complexity index is 251. The average Bonchev–Trinajstić information content (AvgIpc) is 2.08. The summed E-state index contributed by atoms with van der Waals surface area (Å²) >= 11 is 1.46. The third-order valence-electron chi connectivity index (χ3n) is 1.36. The van der Waals surface area contributed by atoms with Crippen LogP contribution in [0.25, 0.3) is 0 Å². The Morgan fingerprint density at radius 2 is 2.18 bits per heavy atom. The molecule has 11 heavy (non-hydrogen) atoms. The van der Waals surface area contributed by atoms with E-state index in [2.05, 4.69) is 0 Å². The number of hydrogen-bond acceptors (Lipinski definition) is 3. The van der Waals surface area contributed by atoms with Crippen LogP contribution in [0.3, 0.4) is 0 Å². The Morgan fingerprint density at radius 3 is 2.36 bits per heavy atom. The molecule has 1 heterocycles. The molecule has 6 heteroatoms. The first-order valence-electron chi connectivity index (χ1n) is 2.73. The number of imide groups is 1. The van der Waals surface area contributed by atoms with E-state index in [4.69, 9.17) is 5.11 Å². The van der Waals surface area contributed by atoms with Crippen molar-refractivity contribution in [1.82, 2.24) is 5.32 Å². The molecule has 1 atom stereocenters. The number of carbonyl (C=O) groups is 3. The number of hydrogen-bond donors (Lipinski definition) is 2.